The maximum absolute atomic E-state index is 15.2. The fourth-order valence-electron chi connectivity index (χ4n) is 4.49. The van der Waals surface area contributed by atoms with Crippen molar-refractivity contribution in [2.75, 3.05) is 44.4 Å². The average Bonchev–Trinajstić information content (AvgIpc) is 3.18. The molecule has 0 saturated carbocycles. The molecule has 7 nitrogen and oxygen atoms in total. The van der Waals surface area contributed by atoms with Gasteiger partial charge in [0.15, 0.2) is 0 Å². The van der Waals surface area contributed by atoms with Crippen molar-refractivity contribution in [2.24, 2.45) is 0 Å². The summed E-state index contributed by atoms with van der Waals surface area (Å²) in [5, 5.41) is 7.49. The third kappa shape index (κ3) is 5.94. The summed E-state index contributed by atoms with van der Waals surface area (Å²) in [6, 6.07) is 14.6. The monoisotopic (exact) mass is 537 g/mol. The minimum atomic E-state index is -0.467. The molecule has 1 atom stereocenters. The van der Waals surface area contributed by atoms with E-state index in [0.29, 0.717) is 24.5 Å². The lowest BCUT2D eigenvalue weighted by Crippen LogP contribution is -2.43. The van der Waals surface area contributed by atoms with Crippen molar-refractivity contribution in [3.05, 3.63) is 76.7 Å². The number of hydrogen-bond donors (Lipinski definition) is 1. The van der Waals surface area contributed by atoms with Crippen LogP contribution in [-0.2, 0) is 15.0 Å². The Kier molecular flexibility index (Phi) is 8.28. The summed E-state index contributed by atoms with van der Waals surface area (Å²) in [6.45, 7) is 9.19. The third-order valence-electron chi connectivity index (χ3n) is 6.45. The number of benzene rings is 2. The first-order valence-corrected chi connectivity index (χ1v) is 13.8. The van der Waals surface area contributed by atoms with Crippen LogP contribution in [0.4, 0.5) is 10.2 Å². The van der Waals surface area contributed by atoms with E-state index in [1.807, 2.05) is 56.3 Å². The molecule has 38 heavy (non-hydrogen) atoms. The molecular weight excluding hydrogens is 501 g/mol. The van der Waals surface area contributed by atoms with Crippen molar-refractivity contribution in [1.29, 1.82) is 0 Å². The van der Waals surface area contributed by atoms with Gasteiger partial charge in [-0.2, -0.15) is 5.10 Å². The highest BCUT2D eigenvalue weighted by atomic mass is 32.2. The first-order valence-electron chi connectivity index (χ1n) is 12.8. The molecule has 202 valence electrons. The molecule has 0 aliphatic carbocycles. The smallest absolute Gasteiger partial charge is 0.240 e. The lowest BCUT2D eigenvalue weighted by molar-refractivity contribution is -0.122. The molecule has 1 aliphatic heterocycles. The Bertz CT molecular complexity index is 1310. The number of fused-ring (bicyclic) bond motifs is 1. The van der Waals surface area contributed by atoms with Crippen LogP contribution in [-0.4, -0.2) is 66.0 Å². The lowest BCUT2D eigenvalue weighted by atomic mass is 9.87. The number of likely N-dealkylation sites (N-methyl/N-ethyl adjacent to an activating group) is 1. The molecule has 0 bridgehead atoms. The molecule has 1 aromatic heterocycles. The minimum Gasteiger partial charge on any atom is -0.353 e. The highest BCUT2D eigenvalue weighted by molar-refractivity contribution is 8.00. The summed E-state index contributed by atoms with van der Waals surface area (Å²) in [7, 11) is 3.87. The molecule has 0 unspecified atom stereocenters. The zero-order valence-electron chi connectivity index (χ0n) is 22.9. The Labute approximate surface area is 228 Å². The van der Waals surface area contributed by atoms with Gasteiger partial charge >= 0.3 is 0 Å². The molecule has 1 aliphatic rings. The van der Waals surface area contributed by atoms with E-state index >= 15 is 4.39 Å². The van der Waals surface area contributed by atoms with E-state index in [0.717, 1.165) is 22.5 Å². The van der Waals surface area contributed by atoms with E-state index in [1.165, 1.54) is 22.7 Å². The van der Waals surface area contributed by atoms with Crippen LogP contribution < -0.4 is 10.2 Å². The van der Waals surface area contributed by atoms with Gasteiger partial charge in [-0.3, -0.25) is 14.5 Å². The molecule has 2 heterocycles. The first-order chi connectivity index (χ1) is 18.0. The Morgan fingerprint density at radius 3 is 2.47 bits per heavy atom. The van der Waals surface area contributed by atoms with E-state index in [2.05, 4.69) is 26.1 Å². The predicted molar refractivity (Wildman–Crippen MR) is 152 cm³/mol. The fraction of sp³-hybridized carbons (Fsp3) is 0.414. The number of amides is 2. The first kappa shape index (κ1) is 27.9. The number of rotatable bonds is 7. The second-order valence-electron chi connectivity index (χ2n) is 10.9. The maximum Gasteiger partial charge on any atom is 0.240 e. The Balaban J connectivity index is 1.93. The molecule has 4 rings (SSSR count). The number of halogens is 1. The van der Waals surface area contributed by atoms with Crippen LogP contribution in [0.5, 0.6) is 0 Å². The number of nitrogens with zero attached hydrogens (tertiary/aromatic N) is 4. The van der Waals surface area contributed by atoms with Crippen LogP contribution in [0.15, 0.2) is 48.5 Å². The van der Waals surface area contributed by atoms with Gasteiger partial charge in [0.2, 0.25) is 11.8 Å². The number of hydrogen-bond acceptors (Lipinski definition) is 5. The van der Waals surface area contributed by atoms with Crippen molar-refractivity contribution in [1.82, 2.24) is 20.0 Å². The van der Waals surface area contributed by atoms with Crippen molar-refractivity contribution in [3.63, 3.8) is 0 Å². The number of nitrogens with one attached hydrogen (secondary N) is 1. The normalized spacial score (nSPS) is 15.9. The zero-order valence-corrected chi connectivity index (χ0v) is 23.7. The second kappa shape index (κ2) is 11.3. The minimum absolute atomic E-state index is 0.107. The average molecular weight is 538 g/mol. The molecule has 0 radical (unpaired) electrons. The Morgan fingerprint density at radius 2 is 1.84 bits per heavy atom. The van der Waals surface area contributed by atoms with Gasteiger partial charge in [0, 0.05) is 29.6 Å². The molecule has 2 aromatic carbocycles. The van der Waals surface area contributed by atoms with Gasteiger partial charge in [-0.15, -0.1) is 11.8 Å². The van der Waals surface area contributed by atoms with Gasteiger partial charge in [0.05, 0.1) is 22.4 Å². The Morgan fingerprint density at radius 1 is 1.16 bits per heavy atom. The van der Waals surface area contributed by atoms with Gasteiger partial charge in [-0.25, -0.2) is 9.07 Å². The van der Waals surface area contributed by atoms with E-state index < -0.39 is 10.7 Å². The van der Waals surface area contributed by atoms with Crippen molar-refractivity contribution < 1.29 is 14.0 Å². The van der Waals surface area contributed by atoms with Crippen LogP contribution in [0, 0.1) is 12.7 Å². The topological polar surface area (TPSA) is 70.5 Å². The number of anilines is 1. The second-order valence-corrected chi connectivity index (χ2v) is 12.0. The van der Waals surface area contributed by atoms with Gasteiger partial charge in [-0.1, -0.05) is 56.7 Å². The van der Waals surface area contributed by atoms with Gasteiger partial charge in [-0.05, 0) is 39.2 Å². The van der Waals surface area contributed by atoms with Gasteiger partial charge in [0.1, 0.15) is 18.2 Å². The number of carbonyl (C=O) groups excluding carboxylic acids is 2. The highest BCUT2D eigenvalue weighted by Crippen LogP contribution is 2.48. The summed E-state index contributed by atoms with van der Waals surface area (Å²) in [6.07, 6.45) is 0. The summed E-state index contributed by atoms with van der Waals surface area (Å²) in [4.78, 5) is 30.2. The van der Waals surface area contributed by atoms with Crippen LogP contribution >= 0.6 is 11.8 Å². The molecule has 0 spiro atoms. The van der Waals surface area contributed by atoms with Gasteiger partial charge < -0.3 is 10.2 Å². The quantitative estimate of drug-likeness (QED) is 0.482. The predicted octanol–water partition coefficient (Wildman–Crippen LogP) is 4.46. The van der Waals surface area contributed by atoms with E-state index in [4.69, 9.17) is 5.10 Å². The van der Waals surface area contributed by atoms with E-state index in [9.17, 15) is 9.59 Å². The molecular formula is C29H36FN5O2S. The summed E-state index contributed by atoms with van der Waals surface area (Å²) in [5.41, 5.74) is 3.49. The van der Waals surface area contributed by atoms with Crippen LogP contribution in [0.1, 0.15) is 48.4 Å². The van der Waals surface area contributed by atoms with Crippen molar-refractivity contribution in [3.8, 4) is 5.69 Å². The summed E-state index contributed by atoms with van der Waals surface area (Å²) < 4.78 is 17.0. The van der Waals surface area contributed by atoms with E-state index in [-0.39, 0.29) is 29.9 Å². The highest BCUT2D eigenvalue weighted by Gasteiger charge is 2.40. The third-order valence-corrected chi connectivity index (χ3v) is 7.69. The number of aromatic nitrogens is 2. The molecule has 0 fully saturated rings. The molecule has 1 N–H and O–H groups in total. The zero-order chi connectivity index (χ0) is 27.6. The van der Waals surface area contributed by atoms with Crippen LogP contribution in [0.3, 0.4) is 0 Å². The lowest BCUT2D eigenvalue weighted by Gasteiger charge is -2.25. The number of carbonyl (C=O) groups is 2. The summed E-state index contributed by atoms with van der Waals surface area (Å²) in [5.74, 6) is -0.178. The fourth-order valence-corrected chi connectivity index (χ4v) is 5.71. The van der Waals surface area contributed by atoms with Crippen molar-refractivity contribution in [2.45, 2.75) is 38.4 Å². The Hall–Kier alpha value is -3.17. The maximum atomic E-state index is 15.2. The molecule has 0 saturated heterocycles. The van der Waals surface area contributed by atoms with Crippen LogP contribution in [0.25, 0.3) is 5.69 Å². The van der Waals surface area contributed by atoms with E-state index in [1.54, 1.807) is 16.8 Å². The standard InChI is InChI=1S/C29H36FN5O2S/c1-19-11-13-20(14-12-19)35-28-25(27(32-35)29(2,3)4)26(21-9-7-8-10-22(21)30)38-18-24(37)34(28)17-23(36)31-15-16-33(5)6/h7-14,26H,15-18H2,1-6H3,(H,31,36)/t26-/m0/s1. The molecule has 9 heteroatoms. The largest absolute Gasteiger partial charge is 0.353 e. The van der Waals surface area contributed by atoms with Crippen molar-refractivity contribution >= 4 is 29.4 Å². The molecule has 3 aromatic rings. The van der Waals surface area contributed by atoms with Crippen LogP contribution in [0.2, 0.25) is 0 Å². The SMILES string of the molecule is Cc1ccc(-n2nc(C(C)(C)C)c3c2N(CC(=O)NCCN(C)C)C(=O)CS[C@H]3c2ccccc2F)cc1. The molecule has 2 amide bonds. The summed E-state index contributed by atoms with van der Waals surface area (Å²) >= 11 is 1.37. The van der Waals surface area contributed by atoms with Gasteiger partial charge in [0.25, 0.3) is 0 Å². The number of thioether (sulfide) groups is 1. The number of aryl methyl sites for hydroxylation is 1.